The summed E-state index contributed by atoms with van der Waals surface area (Å²) >= 11 is 0. The number of nitrogens with one attached hydrogen (secondary N) is 1. The van der Waals surface area contributed by atoms with E-state index in [1.807, 2.05) is 0 Å². The first kappa shape index (κ1) is 12.6. The molecule has 0 amide bonds. The molecule has 1 aromatic carbocycles. The minimum Gasteiger partial charge on any atom is -0.319 e. The van der Waals surface area contributed by atoms with Crippen LogP contribution >= 0.6 is 0 Å². The van der Waals surface area contributed by atoms with Crippen molar-refractivity contribution >= 4 is 0 Å². The van der Waals surface area contributed by atoms with Crippen LogP contribution in [0.2, 0.25) is 0 Å². The van der Waals surface area contributed by atoms with Gasteiger partial charge in [0.1, 0.15) is 0 Å². The van der Waals surface area contributed by atoms with E-state index in [0.717, 1.165) is 0 Å². The lowest BCUT2D eigenvalue weighted by Crippen LogP contribution is -2.36. The van der Waals surface area contributed by atoms with Gasteiger partial charge < -0.3 is 5.32 Å². The SMILES string of the molecule is CNCC1(Cc2cccc(C)c2)CCCCC1. The van der Waals surface area contributed by atoms with Crippen molar-refractivity contribution in [3.63, 3.8) is 0 Å². The molecule has 94 valence electrons. The van der Waals surface area contributed by atoms with Crippen LogP contribution in [0.25, 0.3) is 0 Å². The van der Waals surface area contributed by atoms with Crippen LogP contribution in [0, 0.1) is 12.3 Å². The Hall–Kier alpha value is -0.820. The first-order valence-corrected chi connectivity index (χ1v) is 6.94. The van der Waals surface area contributed by atoms with Gasteiger partial charge in [-0.2, -0.15) is 0 Å². The Balaban J connectivity index is 2.11. The van der Waals surface area contributed by atoms with E-state index in [1.165, 1.54) is 56.2 Å². The second-order valence-electron chi connectivity index (χ2n) is 5.76. The molecule has 1 heteroatoms. The highest BCUT2D eigenvalue weighted by atomic mass is 14.8. The van der Waals surface area contributed by atoms with Crippen LogP contribution in [-0.2, 0) is 6.42 Å². The van der Waals surface area contributed by atoms with Gasteiger partial charge >= 0.3 is 0 Å². The van der Waals surface area contributed by atoms with E-state index in [9.17, 15) is 0 Å². The summed E-state index contributed by atoms with van der Waals surface area (Å²) in [5.41, 5.74) is 3.42. The molecule has 0 radical (unpaired) electrons. The third-order valence-electron chi connectivity index (χ3n) is 4.13. The highest BCUT2D eigenvalue weighted by Crippen LogP contribution is 2.38. The van der Waals surface area contributed by atoms with Crippen LogP contribution in [0.1, 0.15) is 43.2 Å². The molecular weight excluding hydrogens is 206 g/mol. The first-order chi connectivity index (χ1) is 8.24. The van der Waals surface area contributed by atoms with Crippen molar-refractivity contribution < 1.29 is 0 Å². The standard InChI is InChI=1S/C16H25N/c1-14-7-6-8-15(11-14)12-16(13-17-2)9-4-3-5-10-16/h6-8,11,17H,3-5,9-10,12-13H2,1-2H3. The van der Waals surface area contributed by atoms with Gasteiger partial charge in [-0.15, -0.1) is 0 Å². The van der Waals surface area contributed by atoms with Crippen molar-refractivity contribution in [3.05, 3.63) is 35.4 Å². The van der Waals surface area contributed by atoms with Crippen molar-refractivity contribution in [2.45, 2.75) is 45.4 Å². The molecule has 1 nitrogen and oxygen atoms in total. The lowest BCUT2D eigenvalue weighted by atomic mass is 9.70. The largest absolute Gasteiger partial charge is 0.319 e. The predicted molar refractivity (Wildman–Crippen MR) is 74.3 cm³/mol. The fourth-order valence-corrected chi connectivity index (χ4v) is 3.35. The molecule has 1 N–H and O–H groups in total. The van der Waals surface area contributed by atoms with E-state index in [-0.39, 0.29) is 0 Å². The van der Waals surface area contributed by atoms with Gasteiger partial charge in [-0.3, -0.25) is 0 Å². The Morgan fingerprint density at radius 2 is 1.94 bits per heavy atom. The van der Waals surface area contributed by atoms with E-state index in [1.54, 1.807) is 0 Å². The van der Waals surface area contributed by atoms with Gasteiger partial charge in [0.05, 0.1) is 0 Å². The van der Waals surface area contributed by atoms with Crippen molar-refractivity contribution in [1.29, 1.82) is 0 Å². The van der Waals surface area contributed by atoms with Crippen LogP contribution in [-0.4, -0.2) is 13.6 Å². The molecule has 0 bridgehead atoms. The van der Waals surface area contributed by atoms with Crippen LogP contribution in [0.5, 0.6) is 0 Å². The van der Waals surface area contributed by atoms with E-state index in [0.29, 0.717) is 5.41 Å². The Bertz CT molecular complexity index is 345. The lowest BCUT2D eigenvalue weighted by molar-refractivity contribution is 0.185. The third kappa shape index (κ3) is 3.32. The fraction of sp³-hybridized carbons (Fsp3) is 0.625. The lowest BCUT2D eigenvalue weighted by Gasteiger charge is -2.37. The average Bonchev–Trinajstić information content (AvgIpc) is 2.30. The predicted octanol–water partition coefficient (Wildman–Crippen LogP) is 3.71. The maximum atomic E-state index is 3.41. The van der Waals surface area contributed by atoms with Gasteiger partial charge in [0, 0.05) is 6.54 Å². The van der Waals surface area contributed by atoms with E-state index < -0.39 is 0 Å². The van der Waals surface area contributed by atoms with Crippen LogP contribution in [0.3, 0.4) is 0 Å². The number of benzene rings is 1. The van der Waals surface area contributed by atoms with E-state index in [4.69, 9.17) is 0 Å². The molecule has 0 unspecified atom stereocenters. The summed E-state index contributed by atoms with van der Waals surface area (Å²) in [6.45, 7) is 3.36. The Morgan fingerprint density at radius 1 is 1.18 bits per heavy atom. The second kappa shape index (κ2) is 5.68. The van der Waals surface area contributed by atoms with Gasteiger partial charge in [0.25, 0.3) is 0 Å². The van der Waals surface area contributed by atoms with Gasteiger partial charge in [-0.25, -0.2) is 0 Å². The molecule has 1 saturated carbocycles. The molecule has 0 aromatic heterocycles. The monoisotopic (exact) mass is 231 g/mol. The molecule has 1 aliphatic carbocycles. The van der Waals surface area contributed by atoms with E-state index >= 15 is 0 Å². The highest BCUT2D eigenvalue weighted by Gasteiger charge is 2.31. The van der Waals surface area contributed by atoms with Gasteiger partial charge in [0.2, 0.25) is 0 Å². The Morgan fingerprint density at radius 3 is 2.59 bits per heavy atom. The Kier molecular flexibility index (Phi) is 4.22. The summed E-state index contributed by atoms with van der Waals surface area (Å²) < 4.78 is 0. The summed E-state index contributed by atoms with van der Waals surface area (Å²) in [6.07, 6.45) is 8.28. The van der Waals surface area contributed by atoms with Crippen LogP contribution < -0.4 is 5.32 Å². The smallest absolute Gasteiger partial charge is 0.000799 e. The molecule has 0 spiro atoms. The number of hydrogen-bond acceptors (Lipinski definition) is 1. The normalized spacial score (nSPS) is 19.2. The van der Waals surface area contributed by atoms with Gasteiger partial charge in [-0.05, 0) is 44.2 Å². The summed E-state index contributed by atoms with van der Waals surface area (Å²) in [7, 11) is 2.09. The van der Waals surface area contributed by atoms with Crippen LogP contribution in [0.4, 0.5) is 0 Å². The van der Waals surface area contributed by atoms with Gasteiger partial charge in [0.15, 0.2) is 0 Å². The zero-order chi connectivity index (χ0) is 12.1. The summed E-state index contributed by atoms with van der Waals surface area (Å²) in [5.74, 6) is 0. The van der Waals surface area contributed by atoms with Gasteiger partial charge in [-0.1, -0.05) is 49.1 Å². The van der Waals surface area contributed by atoms with Crippen LogP contribution in [0.15, 0.2) is 24.3 Å². The Labute approximate surface area is 106 Å². The highest BCUT2D eigenvalue weighted by molar-refractivity contribution is 5.23. The minimum atomic E-state index is 0.515. The zero-order valence-electron chi connectivity index (χ0n) is 11.3. The molecule has 1 aliphatic rings. The molecular formula is C16H25N. The molecule has 2 rings (SSSR count). The maximum Gasteiger partial charge on any atom is 0.000799 e. The average molecular weight is 231 g/mol. The minimum absolute atomic E-state index is 0.515. The quantitative estimate of drug-likeness (QED) is 0.833. The number of rotatable bonds is 4. The van der Waals surface area contributed by atoms with Crippen molar-refractivity contribution in [3.8, 4) is 0 Å². The molecule has 0 heterocycles. The molecule has 0 atom stereocenters. The second-order valence-corrected chi connectivity index (χ2v) is 5.76. The molecule has 1 fully saturated rings. The molecule has 1 aromatic rings. The third-order valence-corrected chi connectivity index (χ3v) is 4.13. The fourth-order valence-electron chi connectivity index (χ4n) is 3.35. The topological polar surface area (TPSA) is 12.0 Å². The molecule has 17 heavy (non-hydrogen) atoms. The summed E-state index contributed by atoms with van der Waals surface area (Å²) in [6, 6.07) is 9.03. The molecule has 0 saturated heterocycles. The van der Waals surface area contributed by atoms with E-state index in [2.05, 4.69) is 43.6 Å². The first-order valence-electron chi connectivity index (χ1n) is 6.94. The zero-order valence-corrected chi connectivity index (χ0v) is 11.3. The van der Waals surface area contributed by atoms with Crippen molar-refractivity contribution in [1.82, 2.24) is 5.32 Å². The number of aryl methyl sites for hydroxylation is 1. The summed E-state index contributed by atoms with van der Waals surface area (Å²) in [4.78, 5) is 0. The number of hydrogen-bond donors (Lipinski definition) is 1. The molecule has 0 aliphatic heterocycles. The maximum absolute atomic E-state index is 3.41. The van der Waals surface area contributed by atoms with Crippen molar-refractivity contribution in [2.24, 2.45) is 5.41 Å². The summed E-state index contributed by atoms with van der Waals surface area (Å²) in [5, 5.41) is 3.41. The van der Waals surface area contributed by atoms with Crippen molar-refractivity contribution in [2.75, 3.05) is 13.6 Å².